The number of halogens is 1. The fourth-order valence-corrected chi connectivity index (χ4v) is 6.31. The van der Waals surface area contributed by atoms with Gasteiger partial charge in [0, 0.05) is 81.1 Å². The van der Waals surface area contributed by atoms with E-state index in [1.165, 1.54) is 6.07 Å². The van der Waals surface area contributed by atoms with Gasteiger partial charge < -0.3 is 24.6 Å². The summed E-state index contributed by atoms with van der Waals surface area (Å²) in [5, 5.41) is 11.0. The number of amides is 2. The maximum atomic E-state index is 14.6. The number of H-pyrrole nitrogens is 1. The van der Waals surface area contributed by atoms with Gasteiger partial charge >= 0.3 is 0 Å². The largest absolute Gasteiger partial charge is 0.491 e. The molecule has 0 saturated carbocycles. The van der Waals surface area contributed by atoms with Gasteiger partial charge in [0.05, 0.1) is 35.5 Å². The first kappa shape index (κ1) is 35.4. The number of aromatic amines is 1. The third-order valence-electron chi connectivity index (χ3n) is 8.97. The Morgan fingerprint density at radius 1 is 1.02 bits per heavy atom. The van der Waals surface area contributed by atoms with Crippen molar-refractivity contribution in [2.45, 2.75) is 32.5 Å². The zero-order chi connectivity index (χ0) is 35.7. The van der Waals surface area contributed by atoms with Crippen LogP contribution in [0.3, 0.4) is 0 Å². The van der Waals surface area contributed by atoms with Gasteiger partial charge in [-0.05, 0) is 87.0 Å². The second-order valence-corrected chi connectivity index (χ2v) is 12.8. The molecular formula is C38H43FN8O4. The van der Waals surface area contributed by atoms with Crippen LogP contribution in [0.1, 0.15) is 20.3 Å². The Morgan fingerprint density at radius 3 is 2.45 bits per heavy atom. The van der Waals surface area contributed by atoms with Crippen LogP contribution in [0.4, 0.5) is 15.8 Å². The molecule has 266 valence electrons. The Labute approximate surface area is 296 Å². The standard InChI is InChI=1S/C21H26FN5O2.C17H17N3O2/c1-29-17-5-8-25(14-17)15-20(28)27-11-9-26(10-12-27)16-3-4-18(19(22)13-16)21-23-6-2-7-24-21;1-11(2)22-14-6-3-12(4-7-14)17-15-9-13(18-10-21)5-8-16(15)19-20-17/h2-4,6-7,13,17H,5,8-12,14-15H2,1H3;3-11H,1-2H3,(H,18,21)(H,19,20)/t17-;/m0./s1. The van der Waals surface area contributed by atoms with Crippen LogP contribution in [0.25, 0.3) is 33.5 Å². The van der Waals surface area contributed by atoms with E-state index in [0.29, 0.717) is 50.5 Å². The number of carbonyl (C=O) groups excluding carboxylic acids is 2. The summed E-state index contributed by atoms with van der Waals surface area (Å²) in [4.78, 5) is 37.6. The predicted octanol–water partition coefficient (Wildman–Crippen LogP) is 5.24. The highest BCUT2D eigenvalue weighted by Crippen LogP contribution is 2.30. The molecule has 13 heteroatoms. The van der Waals surface area contributed by atoms with Crippen molar-refractivity contribution in [2.24, 2.45) is 0 Å². The molecule has 0 spiro atoms. The molecule has 2 aliphatic rings. The lowest BCUT2D eigenvalue weighted by molar-refractivity contribution is -0.132. The van der Waals surface area contributed by atoms with Crippen LogP contribution in [-0.2, 0) is 14.3 Å². The average molecular weight is 695 g/mol. The second-order valence-electron chi connectivity index (χ2n) is 12.8. The third kappa shape index (κ3) is 8.86. The first-order chi connectivity index (χ1) is 24.8. The summed E-state index contributed by atoms with van der Waals surface area (Å²) in [7, 11) is 1.72. The van der Waals surface area contributed by atoms with Gasteiger partial charge in [-0.15, -0.1) is 0 Å². The molecule has 51 heavy (non-hydrogen) atoms. The van der Waals surface area contributed by atoms with Gasteiger partial charge in [0.15, 0.2) is 5.82 Å². The molecule has 0 aliphatic carbocycles. The molecule has 4 heterocycles. The van der Waals surface area contributed by atoms with Crippen LogP contribution in [0.15, 0.2) is 79.1 Å². The molecule has 7 rings (SSSR count). The van der Waals surface area contributed by atoms with Gasteiger partial charge in [0.25, 0.3) is 0 Å². The van der Waals surface area contributed by atoms with Crippen molar-refractivity contribution in [1.82, 2.24) is 30.0 Å². The highest BCUT2D eigenvalue weighted by Gasteiger charge is 2.27. The van der Waals surface area contributed by atoms with Crippen LogP contribution in [0.5, 0.6) is 5.75 Å². The number of nitrogens with zero attached hydrogens (tertiary/aromatic N) is 6. The summed E-state index contributed by atoms with van der Waals surface area (Å²) in [6.45, 7) is 8.82. The number of anilines is 2. The number of methoxy groups -OCH3 is 1. The fourth-order valence-electron chi connectivity index (χ4n) is 6.31. The highest BCUT2D eigenvalue weighted by molar-refractivity contribution is 5.95. The van der Waals surface area contributed by atoms with Crippen molar-refractivity contribution in [3.05, 3.63) is 84.9 Å². The molecule has 12 nitrogen and oxygen atoms in total. The van der Waals surface area contributed by atoms with Gasteiger partial charge in [-0.3, -0.25) is 19.6 Å². The second kappa shape index (κ2) is 16.5. The van der Waals surface area contributed by atoms with E-state index in [1.54, 1.807) is 31.6 Å². The quantitative estimate of drug-likeness (QED) is 0.189. The lowest BCUT2D eigenvalue weighted by Gasteiger charge is -2.36. The first-order valence-electron chi connectivity index (χ1n) is 17.1. The summed E-state index contributed by atoms with van der Waals surface area (Å²) in [5.41, 5.74) is 4.71. The number of hydrogen-bond acceptors (Lipinski definition) is 9. The molecule has 0 radical (unpaired) electrons. The predicted molar refractivity (Wildman–Crippen MR) is 195 cm³/mol. The average Bonchev–Trinajstić information content (AvgIpc) is 3.79. The van der Waals surface area contributed by atoms with Crippen LogP contribution in [-0.4, -0.2) is 107 Å². The number of benzene rings is 3. The SMILES string of the molecule is CC(C)Oc1ccc(-c2n[nH]c3ccc(NC=O)cc23)cc1.CO[C@H]1CCN(CC(=O)N2CCN(c3ccc(-c4ncccn4)c(F)c3)CC2)C1. The lowest BCUT2D eigenvalue weighted by atomic mass is 10.1. The number of piperazine rings is 1. The number of rotatable bonds is 10. The summed E-state index contributed by atoms with van der Waals surface area (Å²) in [6, 6.07) is 20.3. The molecule has 0 unspecified atom stereocenters. The molecule has 2 aliphatic heterocycles. The van der Waals surface area contributed by atoms with Crippen molar-refractivity contribution in [1.29, 1.82) is 0 Å². The maximum absolute atomic E-state index is 14.6. The number of aromatic nitrogens is 4. The third-order valence-corrected chi connectivity index (χ3v) is 8.97. The molecule has 0 bridgehead atoms. The highest BCUT2D eigenvalue weighted by atomic mass is 19.1. The van der Waals surface area contributed by atoms with E-state index in [4.69, 9.17) is 9.47 Å². The molecule has 1 atom stereocenters. The van der Waals surface area contributed by atoms with Crippen molar-refractivity contribution in [3.63, 3.8) is 0 Å². The number of nitrogens with one attached hydrogen (secondary N) is 2. The number of ether oxygens (including phenoxy) is 2. The zero-order valence-electron chi connectivity index (χ0n) is 29.1. The molecule has 2 fully saturated rings. The van der Waals surface area contributed by atoms with E-state index in [2.05, 4.69) is 35.3 Å². The molecule has 2 amide bonds. The summed E-state index contributed by atoms with van der Waals surface area (Å²) in [6.07, 6.45) is 5.23. The Balaban J connectivity index is 0.000000183. The van der Waals surface area contributed by atoms with E-state index >= 15 is 0 Å². The van der Waals surface area contributed by atoms with Crippen molar-refractivity contribution >= 4 is 34.6 Å². The Morgan fingerprint density at radius 2 is 1.78 bits per heavy atom. The van der Waals surface area contributed by atoms with E-state index in [1.807, 2.05) is 67.3 Å². The maximum Gasteiger partial charge on any atom is 0.236 e. The molecule has 2 N–H and O–H groups in total. The monoisotopic (exact) mass is 694 g/mol. The van der Waals surface area contributed by atoms with Gasteiger partial charge in [0.1, 0.15) is 11.6 Å². The van der Waals surface area contributed by atoms with Crippen LogP contribution < -0.4 is 15.0 Å². The molecule has 3 aromatic carbocycles. The van der Waals surface area contributed by atoms with Gasteiger partial charge in [-0.1, -0.05) is 0 Å². The van der Waals surface area contributed by atoms with E-state index in [-0.39, 0.29) is 23.9 Å². The Bertz CT molecular complexity index is 1910. The van der Waals surface area contributed by atoms with E-state index in [0.717, 1.165) is 58.8 Å². The van der Waals surface area contributed by atoms with Crippen molar-refractivity contribution < 1.29 is 23.5 Å². The number of fused-ring (bicyclic) bond motifs is 1. The van der Waals surface area contributed by atoms with E-state index in [9.17, 15) is 14.0 Å². The van der Waals surface area contributed by atoms with Gasteiger partial charge in [0.2, 0.25) is 12.3 Å². The number of likely N-dealkylation sites (tertiary alicyclic amines) is 1. The molecule has 2 aromatic heterocycles. The fraction of sp³-hybridized carbons (Fsp3) is 0.342. The Kier molecular flexibility index (Phi) is 11.5. The van der Waals surface area contributed by atoms with E-state index < -0.39 is 0 Å². The van der Waals surface area contributed by atoms with Gasteiger partial charge in [-0.25, -0.2) is 14.4 Å². The van der Waals surface area contributed by atoms with Crippen LogP contribution in [0.2, 0.25) is 0 Å². The van der Waals surface area contributed by atoms with Crippen molar-refractivity contribution in [2.75, 3.05) is 63.1 Å². The minimum atomic E-state index is -0.339. The number of carbonyl (C=O) groups is 2. The topological polar surface area (TPSA) is 129 Å². The summed E-state index contributed by atoms with van der Waals surface area (Å²) >= 11 is 0. The zero-order valence-corrected chi connectivity index (χ0v) is 29.1. The van der Waals surface area contributed by atoms with Crippen molar-refractivity contribution in [3.8, 4) is 28.4 Å². The minimum absolute atomic E-state index is 0.147. The van der Waals surface area contributed by atoms with Crippen LogP contribution >= 0.6 is 0 Å². The normalized spacial score (nSPS) is 16.2. The van der Waals surface area contributed by atoms with Gasteiger partial charge in [-0.2, -0.15) is 5.10 Å². The molecule has 2 saturated heterocycles. The Hall–Kier alpha value is -5.40. The molecular weight excluding hydrogens is 651 g/mol. The first-order valence-corrected chi connectivity index (χ1v) is 17.1. The summed E-state index contributed by atoms with van der Waals surface area (Å²) in [5.74, 6) is 1.03. The summed E-state index contributed by atoms with van der Waals surface area (Å²) < 4.78 is 25.6. The lowest BCUT2D eigenvalue weighted by Crippen LogP contribution is -2.51. The molecule has 5 aromatic rings. The van der Waals surface area contributed by atoms with Crippen LogP contribution in [0, 0.1) is 5.82 Å². The minimum Gasteiger partial charge on any atom is -0.491 e. The smallest absolute Gasteiger partial charge is 0.236 e. The number of hydrogen-bond donors (Lipinski definition) is 2.